The van der Waals surface area contributed by atoms with Crippen molar-refractivity contribution in [3.63, 3.8) is 0 Å². The number of rotatable bonds is 3. The fourth-order valence-corrected chi connectivity index (χ4v) is 1.91. The summed E-state index contributed by atoms with van der Waals surface area (Å²) in [4.78, 5) is 12.4. The first-order chi connectivity index (χ1) is 8.21. The van der Waals surface area contributed by atoms with Crippen molar-refractivity contribution in [3.8, 4) is 0 Å². The largest absolute Gasteiger partial charge is 0.423 e. The van der Waals surface area contributed by atoms with Crippen LogP contribution >= 0.6 is 0 Å². The molecule has 1 fully saturated rings. The molecule has 18 heavy (non-hydrogen) atoms. The second kappa shape index (κ2) is 5.88. The lowest BCUT2D eigenvalue weighted by molar-refractivity contribution is -0.211. The second-order valence-corrected chi connectivity index (χ2v) is 4.65. The molecule has 0 saturated carbocycles. The molecule has 0 aliphatic carbocycles. The van der Waals surface area contributed by atoms with Gasteiger partial charge in [-0.25, -0.2) is 0 Å². The van der Waals surface area contributed by atoms with E-state index in [-0.39, 0.29) is 25.3 Å². The molecule has 0 bridgehead atoms. The van der Waals surface area contributed by atoms with Crippen LogP contribution in [0.2, 0.25) is 0 Å². The first-order valence-corrected chi connectivity index (χ1v) is 5.91. The molecular weight excluding hydrogens is 251 g/mol. The molecular formula is C11H18F3NO3. The van der Waals surface area contributed by atoms with Gasteiger partial charge >= 0.3 is 6.18 Å². The van der Waals surface area contributed by atoms with E-state index in [1.807, 2.05) is 13.8 Å². The predicted molar refractivity (Wildman–Crippen MR) is 57.9 cm³/mol. The number of carbonyl (C=O) groups excluding carboxylic acids is 1. The maximum atomic E-state index is 12.2. The first-order valence-electron chi connectivity index (χ1n) is 5.91. The standard InChI is InChI=1S/C11H18F3NO3/c1-7(2)18-8-3-5-15(6-4-8)10(17)9(16)11(12,13)14/h7-9,16H,3-6H2,1-2H3/t9-/m1/s1. The minimum atomic E-state index is -4.90. The molecule has 0 aromatic heterocycles. The maximum absolute atomic E-state index is 12.2. The summed E-state index contributed by atoms with van der Waals surface area (Å²) in [6.45, 7) is 4.13. The normalized spacial score (nSPS) is 20.3. The van der Waals surface area contributed by atoms with Gasteiger partial charge in [-0.1, -0.05) is 0 Å². The zero-order valence-corrected chi connectivity index (χ0v) is 10.4. The number of aliphatic hydroxyl groups is 1. The SMILES string of the molecule is CC(C)OC1CCN(C(=O)[C@@H](O)C(F)(F)F)CC1. The van der Waals surface area contributed by atoms with Crippen molar-refractivity contribution in [2.24, 2.45) is 0 Å². The molecule has 0 radical (unpaired) electrons. The Kier molecular flexibility index (Phi) is 4.98. The number of nitrogens with zero attached hydrogens (tertiary/aromatic N) is 1. The van der Waals surface area contributed by atoms with Gasteiger partial charge in [-0.05, 0) is 26.7 Å². The Labute approximate surface area is 104 Å². The van der Waals surface area contributed by atoms with E-state index >= 15 is 0 Å². The minimum absolute atomic E-state index is 0.0305. The lowest BCUT2D eigenvalue weighted by Gasteiger charge is -2.34. The van der Waals surface area contributed by atoms with E-state index in [4.69, 9.17) is 9.84 Å². The van der Waals surface area contributed by atoms with Crippen molar-refractivity contribution >= 4 is 5.91 Å². The third-order valence-corrected chi connectivity index (χ3v) is 2.76. The highest BCUT2D eigenvalue weighted by atomic mass is 19.4. The number of aliphatic hydroxyl groups excluding tert-OH is 1. The number of hydrogen-bond donors (Lipinski definition) is 1. The Bertz CT molecular complexity index is 286. The summed E-state index contributed by atoms with van der Waals surface area (Å²) in [5.74, 6) is -1.27. The van der Waals surface area contributed by atoms with E-state index in [2.05, 4.69) is 0 Å². The number of likely N-dealkylation sites (tertiary alicyclic amines) is 1. The van der Waals surface area contributed by atoms with Crippen LogP contribution in [-0.4, -0.2) is 53.5 Å². The predicted octanol–water partition coefficient (Wildman–Crippen LogP) is 1.33. The fourth-order valence-electron chi connectivity index (χ4n) is 1.91. The van der Waals surface area contributed by atoms with Crippen LogP contribution in [0, 0.1) is 0 Å². The van der Waals surface area contributed by atoms with Gasteiger partial charge in [0.05, 0.1) is 12.2 Å². The molecule has 0 aromatic carbocycles. The Morgan fingerprint density at radius 1 is 1.33 bits per heavy atom. The highest BCUT2D eigenvalue weighted by Crippen LogP contribution is 2.23. The smallest absolute Gasteiger partial charge is 0.376 e. The molecule has 106 valence electrons. The lowest BCUT2D eigenvalue weighted by Crippen LogP contribution is -2.50. The van der Waals surface area contributed by atoms with Gasteiger partial charge in [0.1, 0.15) is 0 Å². The quantitative estimate of drug-likeness (QED) is 0.840. The second-order valence-electron chi connectivity index (χ2n) is 4.65. The number of ether oxygens (including phenoxy) is 1. The van der Waals surface area contributed by atoms with E-state index in [1.54, 1.807) is 0 Å². The van der Waals surface area contributed by atoms with Crippen LogP contribution in [-0.2, 0) is 9.53 Å². The van der Waals surface area contributed by atoms with Crippen LogP contribution in [0.1, 0.15) is 26.7 Å². The summed E-state index contributed by atoms with van der Waals surface area (Å²) in [6, 6.07) is 0. The third-order valence-electron chi connectivity index (χ3n) is 2.76. The highest BCUT2D eigenvalue weighted by Gasteiger charge is 2.45. The van der Waals surface area contributed by atoms with E-state index in [1.165, 1.54) is 0 Å². The van der Waals surface area contributed by atoms with E-state index in [9.17, 15) is 18.0 Å². The molecule has 1 saturated heterocycles. The van der Waals surface area contributed by atoms with Crippen LogP contribution in [0.4, 0.5) is 13.2 Å². The third kappa shape index (κ3) is 4.13. The number of halogens is 3. The summed E-state index contributed by atoms with van der Waals surface area (Å²) in [7, 11) is 0. The number of hydrogen-bond acceptors (Lipinski definition) is 3. The fraction of sp³-hybridized carbons (Fsp3) is 0.909. The van der Waals surface area contributed by atoms with Crippen LogP contribution in [0.25, 0.3) is 0 Å². The topological polar surface area (TPSA) is 49.8 Å². The van der Waals surface area contributed by atoms with Gasteiger partial charge in [-0.2, -0.15) is 13.2 Å². The summed E-state index contributed by atoms with van der Waals surface area (Å²) < 4.78 is 42.1. The van der Waals surface area contributed by atoms with E-state index < -0.39 is 18.2 Å². The van der Waals surface area contributed by atoms with Gasteiger partial charge in [0.25, 0.3) is 5.91 Å². The molecule has 7 heteroatoms. The average Bonchev–Trinajstić information content (AvgIpc) is 2.26. The monoisotopic (exact) mass is 269 g/mol. The number of piperidine rings is 1. The molecule has 1 heterocycles. The Morgan fingerprint density at radius 3 is 2.22 bits per heavy atom. The van der Waals surface area contributed by atoms with Crippen molar-refractivity contribution in [1.82, 2.24) is 4.90 Å². The van der Waals surface area contributed by atoms with Gasteiger partial charge in [-0.3, -0.25) is 4.79 Å². The summed E-state index contributed by atoms with van der Waals surface area (Å²) in [5.41, 5.74) is 0. The number of amides is 1. The molecule has 1 aliphatic rings. The molecule has 1 rings (SSSR count). The Morgan fingerprint density at radius 2 is 1.83 bits per heavy atom. The zero-order chi connectivity index (χ0) is 13.9. The summed E-state index contributed by atoms with van der Waals surface area (Å²) in [5, 5.41) is 8.87. The van der Waals surface area contributed by atoms with Crippen molar-refractivity contribution < 1.29 is 27.8 Å². The van der Waals surface area contributed by atoms with Gasteiger partial charge < -0.3 is 14.7 Å². The van der Waals surface area contributed by atoms with Crippen molar-refractivity contribution in [2.45, 2.75) is 51.2 Å². The molecule has 1 N–H and O–H groups in total. The lowest BCUT2D eigenvalue weighted by atomic mass is 10.1. The first kappa shape index (κ1) is 15.2. The Balaban J connectivity index is 2.45. The molecule has 0 aromatic rings. The van der Waals surface area contributed by atoms with Crippen molar-refractivity contribution in [1.29, 1.82) is 0 Å². The van der Waals surface area contributed by atoms with Gasteiger partial charge in [0, 0.05) is 13.1 Å². The van der Waals surface area contributed by atoms with Gasteiger partial charge in [0.15, 0.2) is 0 Å². The minimum Gasteiger partial charge on any atom is -0.376 e. The Hall–Kier alpha value is -0.820. The molecule has 4 nitrogen and oxygen atoms in total. The van der Waals surface area contributed by atoms with E-state index in [0.717, 1.165) is 4.90 Å². The maximum Gasteiger partial charge on any atom is 0.423 e. The molecule has 0 spiro atoms. The van der Waals surface area contributed by atoms with Gasteiger partial charge in [-0.15, -0.1) is 0 Å². The summed E-state index contributed by atoms with van der Waals surface area (Å²) in [6.07, 6.45) is -6.80. The van der Waals surface area contributed by atoms with Crippen LogP contribution in [0.5, 0.6) is 0 Å². The van der Waals surface area contributed by atoms with Crippen molar-refractivity contribution in [2.75, 3.05) is 13.1 Å². The van der Waals surface area contributed by atoms with Crippen LogP contribution in [0.3, 0.4) is 0 Å². The molecule has 0 unspecified atom stereocenters. The molecule has 1 atom stereocenters. The highest BCUT2D eigenvalue weighted by molar-refractivity contribution is 5.81. The molecule has 1 amide bonds. The average molecular weight is 269 g/mol. The zero-order valence-electron chi connectivity index (χ0n) is 10.4. The number of carbonyl (C=O) groups is 1. The number of alkyl halides is 3. The molecule has 1 aliphatic heterocycles. The van der Waals surface area contributed by atoms with Gasteiger partial charge in [0.2, 0.25) is 6.10 Å². The van der Waals surface area contributed by atoms with E-state index in [0.29, 0.717) is 12.8 Å². The van der Waals surface area contributed by atoms with Crippen LogP contribution < -0.4 is 0 Å². The van der Waals surface area contributed by atoms with Crippen LogP contribution in [0.15, 0.2) is 0 Å². The summed E-state index contributed by atoms with van der Waals surface area (Å²) >= 11 is 0. The van der Waals surface area contributed by atoms with Crippen molar-refractivity contribution in [3.05, 3.63) is 0 Å².